The fourth-order valence-electron chi connectivity index (χ4n) is 13.6. The molecule has 6 aromatic rings. The van der Waals surface area contributed by atoms with Gasteiger partial charge in [0, 0.05) is 120 Å². The number of anilines is 2. The van der Waals surface area contributed by atoms with Gasteiger partial charge in [-0.05, 0) is 84.2 Å². The molecule has 34 nitrogen and oxygen atoms in total. The number of nitrogens with one attached hydrogen (secondary N) is 1. The Labute approximate surface area is 641 Å². The van der Waals surface area contributed by atoms with Crippen LogP contribution in [0.4, 0.5) is 30.7 Å². The van der Waals surface area contributed by atoms with Crippen LogP contribution >= 0.6 is 0 Å². The van der Waals surface area contributed by atoms with Gasteiger partial charge in [0.1, 0.15) is 30.9 Å². The lowest BCUT2D eigenvalue weighted by atomic mass is 9.92. The first-order valence-electron chi connectivity index (χ1n) is 36.7. The lowest BCUT2D eigenvalue weighted by molar-refractivity contribution is -0.686. The average molecular weight is 1540 g/mol. The number of aromatic nitrogens is 4. The molecule has 2 fully saturated rings. The summed E-state index contributed by atoms with van der Waals surface area (Å²) >= 11 is 0. The molecule has 4 aliphatic rings. The summed E-state index contributed by atoms with van der Waals surface area (Å²) in [7, 11) is 10.7. The van der Waals surface area contributed by atoms with Crippen LogP contribution in [-0.2, 0) is 81.5 Å². The van der Waals surface area contributed by atoms with Crippen molar-refractivity contribution in [2.45, 2.75) is 148 Å². The Morgan fingerprint density at radius 2 is 1.36 bits per heavy atom. The molecule has 0 aliphatic carbocycles. The van der Waals surface area contributed by atoms with E-state index < -0.39 is 84.8 Å². The second kappa shape index (κ2) is 37.6. The number of piperidine rings is 1. The van der Waals surface area contributed by atoms with Crippen molar-refractivity contribution in [3.8, 4) is 46.1 Å². The molecule has 0 saturated carbocycles. The maximum absolute atomic E-state index is 14.0. The molecule has 7 atom stereocenters. The molecule has 1 N–H and O–H groups in total. The summed E-state index contributed by atoms with van der Waals surface area (Å²) in [6, 6.07) is 17.2. The first-order chi connectivity index (χ1) is 53.2. The van der Waals surface area contributed by atoms with Crippen LogP contribution in [0.5, 0.6) is 28.7 Å². The highest BCUT2D eigenvalue weighted by Gasteiger charge is 2.56. The Hall–Kier alpha value is -11.8. The largest absolute Gasteiger partial charge is 0.493 e. The second-order valence-corrected chi connectivity index (χ2v) is 27.7. The van der Waals surface area contributed by atoms with E-state index in [-0.39, 0.29) is 94.1 Å². The van der Waals surface area contributed by atoms with Gasteiger partial charge >= 0.3 is 48.2 Å². The number of unbranched alkanes of at least 4 members (excludes halogenated alkanes) is 6. The van der Waals surface area contributed by atoms with Crippen LogP contribution in [0.3, 0.4) is 0 Å². The maximum Gasteiger partial charge on any atom is 0.415 e. The summed E-state index contributed by atoms with van der Waals surface area (Å²) in [5.41, 5.74) is 3.91. The van der Waals surface area contributed by atoms with Crippen LogP contribution in [0.2, 0.25) is 0 Å². The van der Waals surface area contributed by atoms with Gasteiger partial charge in [0.25, 0.3) is 0 Å². The number of carbonyl (C=O) groups excluding carboxylic acids is 10. The van der Waals surface area contributed by atoms with E-state index in [0.717, 1.165) is 94.4 Å². The molecular formula is C77H95N12O22+. The summed E-state index contributed by atoms with van der Waals surface area (Å²) in [6.07, 6.45) is 0.674. The number of esters is 4. The van der Waals surface area contributed by atoms with E-state index in [1.165, 1.54) is 62.9 Å². The topological polar surface area (TPSA) is 371 Å². The van der Waals surface area contributed by atoms with Crippen LogP contribution in [0, 0.1) is 17.2 Å². The predicted molar refractivity (Wildman–Crippen MR) is 395 cm³/mol. The highest BCUT2D eigenvalue weighted by Crippen LogP contribution is 2.43. The minimum atomic E-state index is -1.79. The molecule has 594 valence electrons. The number of rotatable bonds is 30. The van der Waals surface area contributed by atoms with Gasteiger partial charge in [0.15, 0.2) is 59.7 Å². The number of likely N-dealkylation sites (N-methyl/N-ethyl adjacent to an activating group) is 5. The summed E-state index contributed by atoms with van der Waals surface area (Å²) in [4.78, 5) is 150. The van der Waals surface area contributed by atoms with Crippen molar-refractivity contribution in [2.24, 2.45) is 5.92 Å². The summed E-state index contributed by atoms with van der Waals surface area (Å²) < 4.78 is 71.5. The van der Waals surface area contributed by atoms with Crippen molar-refractivity contribution >= 4 is 93.3 Å². The third kappa shape index (κ3) is 20.2. The molecule has 0 radical (unpaired) electrons. The van der Waals surface area contributed by atoms with Crippen molar-refractivity contribution in [1.29, 1.82) is 5.26 Å². The van der Waals surface area contributed by atoms with E-state index in [2.05, 4.69) is 32.8 Å². The zero-order valence-electron chi connectivity index (χ0n) is 64.2. The van der Waals surface area contributed by atoms with E-state index >= 15 is 0 Å². The molecule has 0 spiro atoms. The minimum Gasteiger partial charge on any atom is -0.493 e. The Morgan fingerprint density at radius 3 is 2.05 bits per heavy atom. The average Bonchev–Trinajstić information content (AvgIpc) is 1.62. The number of carbonyl (C=O) groups is 10. The number of ether oxygens (including phenoxy) is 12. The van der Waals surface area contributed by atoms with Gasteiger partial charge in [0.2, 0.25) is 36.7 Å². The molecule has 0 unspecified atom stereocenters. The van der Waals surface area contributed by atoms with E-state index in [1.807, 2.05) is 42.4 Å². The predicted octanol–water partition coefficient (Wildman–Crippen LogP) is 7.92. The van der Waals surface area contributed by atoms with Crippen molar-refractivity contribution in [1.82, 2.24) is 39.0 Å². The molecule has 10 rings (SSSR count). The van der Waals surface area contributed by atoms with Crippen LogP contribution in [0.1, 0.15) is 103 Å². The molecule has 7 heterocycles. The molecule has 3 aromatic carbocycles. The summed E-state index contributed by atoms with van der Waals surface area (Å²) in [5.74, 6) is -1.73. The number of hydrogen-bond donors (Lipinski definition) is 1. The number of aryl methyl sites for hydroxylation is 2. The molecule has 34 heteroatoms. The van der Waals surface area contributed by atoms with Gasteiger partial charge in [-0.3, -0.25) is 28.5 Å². The Morgan fingerprint density at radius 1 is 0.712 bits per heavy atom. The van der Waals surface area contributed by atoms with Crippen LogP contribution < -0.4 is 38.5 Å². The number of amides is 6. The van der Waals surface area contributed by atoms with Gasteiger partial charge in [-0.1, -0.05) is 45.1 Å². The van der Waals surface area contributed by atoms with E-state index in [0.29, 0.717) is 78.2 Å². The standard InChI is InChI=1S/C77H94N12O22/c1-46-25-29-88(64(94)24-28-78)42-58(46)86(9)70-53-27-31-89(71(53)80-44-79-70)74(96)82(5)32-33-84(7)76(98)103-43-50-20-22-59(109-73-69(108-49(4)92)67(107-48(3)91)66(106-47(2)90)68(110-73)72(95)101-11)56(37-50)81-63(93)19-17-15-13-12-14-16-18-36-102-75(97)83(6)34-35-85(8)77(99)111-65-55-41-87-30-26-52-39-61-62(105-45-104-61)40-54(52)57(87)38-51(55)21-23-60(65)100-10/h20-23,27,31,37-41,44,46,58,66-69,73H,12-19,24-26,29-30,32-36,42-43,45H2,1-11H3/p+1/t46-,58+,66+,67+,68+,69-,73-/m1/s1. The number of nitrogens with zero attached hydrogens (tertiary/aromatic N) is 11. The van der Waals surface area contributed by atoms with Crippen LogP contribution in [-0.4, -0.2) is 238 Å². The molecule has 0 bridgehead atoms. The van der Waals surface area contributed by atoms with Crippen LogP contribution in [0.25, 0.3) is 33.1 Å². The van der Waals surface area contributed by atoms with Gasteiger partial charge < -0.3 is 91.6 Å². The van der Waals surface area contributed by atoms with Crippen molar-refractivity contribution in [3.05, 3.63) is 84.4 Å². The fraction of sp³-hybridized carbons (Fsp3) is 0.506. The second-order valence-electron chi connectivity index (χ2n) is 27.7. The SMILES string of the molecule is COC(=O)[C@H]1O[C@@H](Oc2ccc(COC(=O)N(C)CCN(C)C(=O)n3ccc4c(N(C)[C@H]5CN(C(=O)CC#N)CC[C@H]5C)ncnc43)cc2NC(=O)CCCCCCCCCOC(=O)N(C)CCN(C)C(=O)Oc2c(OC)ccc3cc4[n+](cc23)CCc2cc3c(cc2-4)OCO3)[C@H](OC(C)=O)[C@@H](OC(C)=O)[C@@H]1OC(C)=O. The number of fused-ring (bicyclic) bond motifs is 6. The number of methoxy groups -OCH3 is 2. The van der Waals surface area contributed by atoms with Gasteiger partial charge in [-0.2, -0.15) is 9.83 Å². The van der Waals surface area contributed by atoms with E-state index in [4.69, 9.17) is 62.1 Å². The molecule has 6 amide bonds. The smallest absolute Gasteiger partial charge is 0.415 e. The van der Waals surface area contributed by atoms with Gasteiger partial charge in [-0.25, -0.2) is 33.9 Å². The molecular weight excluding hydrogens is 1440 g/mol. The van der Waals surface area contributed by atoms with Crippen LogP contribution in [0.15, 0.2) is 73.3 Å². The van der Waals surface area contributed by atoms with Gasteiger partial charge in [0.05, 0.1) is 55.0 Å². The maximum atomic E-state index is 14.0. The van der Waals surface area contributed by atoms with E-state index in [1.54, 1.807) is 44.4 Å². The zero-order valence-corrected chi connectivity index (χ0v) is 64.2. The van der Waals surface area contributed by atoms with Crippen molar-refractivity contribution < 1.29 is 109 Å². The number of benzene rings is 3. The molecule has 3 aromatic heterocycles. The monoisotopic (exact) mass is 1540 g/mol. The number of hydrogen-bond acceptors (Lipinski definition) is 26. The van der Waals surface area contributed by atoms with Crippen molar-refractivity contribution in [3.63, 3.8) is 0 Å². The highest BCUT2D eigenvalue weighted by molar-refractivity contribution is 5.96. The molecule has 111 heavy (non-hydrogen) atoms. The third-order valence-electron chi connectivity index (χ3n) is 19.8. The van der Waals surface area contributed by atoms with Crippen molar-refractivity contribution in [2.75, 3.05) is 112 Å². The third-order valence-corrected chi connectivity index (χ3v) is 19.8. The lowest BCUT2D eigenvalue weighted by Gasteiger charge is -2.43. The number of pyridine rings is 1. The minimum absolute atomic E-state index is 0.0205. The van der Waals surface area contributed by atoms with E-state index in [9.17, 15) is 47.9 Å². The number of likely N-dealkylation sites (tertiary alicyclic amines) is 1. The number of nitriles is 1. The Bertz CT molecular complexity index is 4490. The first kappa shape index (κ1) is 81.8. The summed E-state index contributed by atoms with van der Waals surface area (Å²) in [5, 5.41) is 14.1. The zero-order chi connectivity index (χ0) is 79.7. The highest BCUT2D eigenvalue weighted by atomic mass is 16.7. The molecule has 2 saturated heterocycles. The lowest BCUT2D eigenvalue weighted by Crippen LogP contribution is -2.64. The summed E-state index contributed by atoms with van der Waals surface area (Å²) in [6.45, 7) is 7.32. The Kier molecular flexibility index (Phi) is 27.7. The quantitative estimate of drug-likeness (QED) is 0.0193. The van der Waals surface area contributed by atoms with Gasteiger partial charge in [-0.15, -0.1) is 0 Å². The fourth-order valence-corrected chi connectivity index (χ4v) is 13.6. The normalized spacial score (nSPS) is 18.0. The molecule has 4 aliphatic heterocycles. The Balaban J connectivity index is 0.697. The first-order valence-corrected chi connectivity index (χ1v) is 36.7.